The van der Waals surface area contributed by atoms with E-state index in [1.807, 2.05) is 18.7 Å². The highest BCUT2D eigenvalue weighted by atomic mass is 16.5. The minimum absolute atomic E-state index is 0.0720. The molecule has 0 saturated heterocycles. The molecule has 0 fully saturated rings. The number of carboxylic acids is 1. The van der Waals surface area contributed by atoms with Crippen LogP contribution >= 0.6 is 0 Å². The summed E-state index contributed by atoms with van der Waals surface area (Å²) in [6, 6.07) is -0.386. The zero-order valence-electron chi connectivity index (χ0n) is 11.3. The lowest BCUT2D eigenvalue weighted by Crippen LogP contribution is -2.49. The van der Waals surface area contributed by atoms with Gasteiger partial charge in [0.1, 0.15) is 6.04 Å². The fourth-order valence-electron chi connectivity index (χ4n) is 1.92. The van der Waals surface area contributed by atoms with Crippen LogP contribution in [-0.4, -0.2) is 62.0 Å². The molecule has 0 spiro atoms. The lowest BCUT2D eigenvalue weighted by atomic mass is 10.1. The van der Waals surface area contributed by atoms with Gasteiger partial charge in [-0.3, -0.25) is 9.69 Å². The number of hydrogen-bond acceptors (Lipinski definition) is 4. The molecule has 0 aliphatic carbocycles. The number of carbonyl (C=O) groups is 1. The van der Waals surface area contributed by atoms with E-state index in [0.717, 1.165) is 6.42 Å². The number of methoxy groups -OCH3 is 2. The molecule has 0 heterocycles. The highest BCUT2D eigenvalue weighted by Gasteiger charge is 2.28. The van der Waals surface area contributed by atoms with Gasteiger partial charge < -0.3 is 14.6 Å². The predicted molar refractivity (Wildman–Crippen MR) is 66.3 cm³/mol. The molecule has 102 valence electrons. The Balaban J connectivity index is 4.64. The number of carboxylic acid groups (broad SMARTS) is 1. The van der Waals surface area contributed by atoms with Crippen molar-refractivity contribution in [1.29, 1.82) is 0 Å². The maximum atomic E-state index is 11.3. The van der Waals surface area contributed by atoms with Crippen LogP contribution in [0.15, 0.2) is 0 Å². The van der Waals surface area contributed by atoms with Crippen LogP contribution in [0.2, 0.25) is 0 Å². The summed E-state index contributed by atoms with van der Waals surface area (Å²) in [6.45, 7) is 5.63. The first-order chi connectivity index (χ1) is 8.08. The molecular weight excluding hydrogens is 222 g/mol. The molecule has 0 aromatic heterocycles. The fraction of sp³-hybridized carbons (Fsp3) is 0.917. The van der Waals surface area contributed by atoms with E-state index in [-0.39, 0.29) is 6.04 Å². The van der Waals surface area contributed by atoms with Gasteiger partial charge in [-0.2, -0.15) is 0 Å². The molecule has 5 nitrogen and oxygen atoms in total. The molecule has 0 aromatic carbocycles. The molecule has 0 aromatic rings. The van der Waals surface area contributed by atoms with Crippen LogP contribution in [0, 0.1) is 0 Å². The van der Waals surface area contributed by atoms with E-state index >= 15 is 0 Å². The summed E-state index contributed by atoms with van der Waals surface area (Å²) in [5.41, 5.74) is 0. The Morgan fingerprint density at radius 1 is 1.35 bits per heavy atom. The summed E-state index contributed by atoms with van der Waals surface area (Å²) in [5, 5.41) is 9.27. The van der Waals surface area contributed by atoms with Crippen molar-refractivity contribution in [3.05, 3.63) is 0 Å². The van der Waals surface area contributed by atoms with E-state index in [0.29, 0.717) is 26.2 Å². The lowest BCUT2D eigenvalue weighted by molar-refractivity contribution is -0.145. The van der Waals surface area contributed by atoms with Crippen LogP contribution in [0.4, 0.5) is 0 Å². The Morgan fingerprint density at radius 3 is 2.41 bits per heavy atom. The van der Waals surface area contributed by atoms with Gasteiger partial charge in [0.25, 0.3) is 0 Å². The first-order valence-corrected chi connectivity index (χ1v) is 6.04. The second-order valence-electron chi connectivity index (χ2n) is 4.18. The van der Waals surface area contributed by atoms with Gasteiger partial charge >= 0.3 is 5.97 Å². The first kappa shape index (κ1) is 16.4. The van der Waals surface area contributed by atoms with Crippen molar-refractivity contribution >= 4 is 5.97 Å². The van der Waals surface area contributed by atoms with Gasteiger partial charge in [-0.05, 0) is 13.3 Å². The molecule has 0 amide bonds. The lowest BCUT2D eigenvalue weighted by Gasteiger charge is -2.33. The Kier molecular flexibility index (Phi) is 9.03. The van der Waals surface area contributed by atoms with Gasteiger partial charge in [-0.25, -0.2) is 0 Å². The van der Waals surface area contributed by atoms with Crippen molar-refractivity contribution in [2.75, 3.05) is 34.0 Å². The van der Waals surface area contributed by atoms with E-state index in [4.69, 9.17) is 9.47 Å². The van der Waals surface area contributed by atoms with Gasteiger partial charge in [0.2, 0.25) is 0 Å². The zero-order valence-corrected chi connectivity index (χ0v) is 11.3. The highest BCUT2D eigenvalue weighted by molar-refractivity contribution is 5.73. The van der Waals surface area contributed by atoms with Gasteiger partial charge in [0.05, 0.1) is 13.2 Å². The SMILES string of the molecule is CCCC(C(=O)O)N(CCOC)C(C)COC. The van der Waals surface area contributed by atoms with Crippen molar-refractivity contribution in [2.24, 2.45) is 0 Å². The number of ether oxygens (including phenoxy) is 2. The molecule has 0 aliphatic rings. The molecule has 0 rings (SSSR count). The summed E-state index contributed by atoms with van der Waals surface area (Å²) >= 11 is 0. The molecule has 0 saturated carbocycles. The third-order valence-corrected chi connectivity index (χ3v) is 2.78. The van der Waals surface area contributed by atoms with Gasteiger partial charge in [0.15, 0.2) is 0 Å². The summed E-state index contributed by atoms with van der Waals surface area (Å²) in [6.07, 6.45) is 1.49. The smallest absolute Gasteiger partial charge is 0.320 e. The summed E-state index contributed by atoms with van der Waals surface area (Å²) < 4.78 is 10.1. The normalized spacial score (nSPS) is 14.9. The molecule has 0 radical (unpaired) electrons. The van der Waals surface area contributed by atoms with Gasteiger partial charge in [-0.1, -0.05) is 13.3 Å². The first-order valence-electron chi connectivity index (χ1n) is 6.04. The maximum absolute atomic E-state index is 11.3. The predicted octanol–water partition coefficient (Wildman–Crippen LogP) is 1.22. The molecule has 1 N–H and O–H groups in total. The Labute approximate surface area is 104 Å². The van der Waals surface area contributed by atoms with E-state index < -0.39 is 12.0 Å². The number of hydrogen-bond donors (Lipinski definition) is 1. The summed E-state index contributed by atoms with van der Waals surface area (Å²) in [4.78, 5) is 13.2. The largest absolute Gasteiger partial charge is 0.480 e. The zero-order chi connectivity index (χ0) is 13.3. The van der Waals surface area contributed by atoms with Crippen LogP contribution < -0.4 is 0 Å². The van der Waals surface area contributed by atoms with Crippen LogP contribution in [-0.2, 0) is 14.3 Å². The van der Waals surface area contributed by atoms with E-state index in [1.54, 1.807) is 14.2 Å². The topological polar surface area (TPSA) is 59.0 Å². The van der Waals surface area contributed by atoms with E-state index in [1.165, 1.54) is 0 Å². The Bertz CT molecular complexity index is 211. The fourth-order valence-corrected chi connectivity index (χ4v) is 1.92. The monoisotopic (exact) mass is 247 g/mol. The van der Waals surface area contributed by atoms with Crippen LogP contribution in [0.3, 0.4) is 0 Å². The van der Waals surface area contributed by atoms with Gasteiger partial charge in [0, 0.05) is 26.8 Å². The second kappa shape index (κ2) is 9.39. The minimum Gasteiger partial charge on any atom is -0.480 e. The number of aliphatic carboxylic acids is 1. The van der Waals surface area contributed by atoms with Crippen LogP contribution in [0.5, 0.6) is 0 Å². The average molecular weight is 247 g/mol. The molecule has 0 aliphatic heterocycles. The maximum Gasteiger partial charge on any atom is 0.320 e. The second-order valence-corrected chi connectivity index (χ2v) is 4.18. The minimum atomic E-state index is -0.772. The van der Waals surface area contributed by atoms with Crippen molar-refractivity contribution in [2.45, 2.75) is 38.8 Å². The molecule has 17 heavy (non-hydrogen) atoms. The van der Waals surface area contributed by atoms with E-state index in [2.05, 4.69) is 0 Å². The summed E-state index contributed by atoms with van der Waals surface area (Å²) in [7, 11) is 3.25. The van der Waals surface area contributed by atoms with Crippen molar-refractivity contribution in [1.82, 2.24) is 4.90 Å². The third-order valence-electron chi connectivity index (χ3n) is 2.78. The third kappa shape index (κ3) is 6.00. The van der Waals surface area contributed by atoms with Gasteiger partial charge in [-0.15, -0.1) is 0 Å². The molecule has 0 bridgehead atoms. The van der Waals surface area contributed by atoms with Crippen LogP contribution in [0.1, 0.15) is 26.7 Å². The van der Waals surface area contributed by atoms with Crippen molar-refractivity contribution in [3.63, 3.8) is 0 Å². The van der Waals surface area contributed by atoms with E-state index in [9.17, 15) is 9.90 Å². The molecule has 2 unspecified atom stereocenters. The quantitative estimate of drug-likeness (QED) is 0.629. The number of nitrogens with zero attached hydrogens (tertiary/aromatic N) is 1. The molecule has 5 heteroatoms. The molecular formula is C12H25NO4. The standard InChI is InChI=1S/C12H25NO4/c1-5-6-11(12(14)15)13(7-8-16-3)10(2)9-17-4/h10-11H,5-9H2,1-4H3,(H,14,15). The number of rotatable bonds is 10. The van der Waals surface area contributed by atoms with Crippen LogP contribution in [0.25, 0.3) is 0 Å². The average Bonchev–Trinajstić information content (AvgIpc) is 2.28. The van der Waals surface area contributed by atoms with Crippen molar-refractivity contribution in [3.8, 4) is 0 Å². The Morgan fingerprint density at radius 2 is 2.00 bits per heavy atom. The molecule has 2 atom stereocenters. The highest BCUT2D eigenvalue weighted by Crippen LogP contribution is 2.12. The summed E-state index contributed by atoms with van der Waals surface area (Å²) in [5.74, 6) is -0.772. The Hall–Kier alpha value is -0.650. The van der Waals surface area contributed by atoms with Crippen molar-refractivity contribution < 1.29 is 19.4 Å².